The predicted octanol–water partition coefficient (Wildman–Crippen LogP) is 27.0. The lowest BCUT2D eigenvalue weighted by molar-refractivity contribution is -0.0534. The third-order valence-electron chi connectivity index (χ3n) is 18.9. The van der Waals surface area contributed by atoms with Crippen molar-refractivity contribution in [2.24, 2.45) is 111 Å². The largest absolute Gasteiger partial charge is 0.396 e. The molecule has 1 atom stereocenters. The second kappa shape index (κ2) is 60.1. The van der Waals surface area contributed by atoms with Crippen LogP contribution in [0.25, 0.3) is 0 Å². The van der Waals surface area contributed by atoms with Crippen LogP contribution in [0.5, 0.6) is 0 Å². The minimum Gasteiger partial charge on any atom is -0.396 e. The molecular weight excluding hydrogens is 1040 g/mol. The van der Waals surface area contributed by atoms with E-state index in [2.05, 4.69) is 215 Å². The fourth-order valence-corrected chi connectivity index (χ4v) is 10.4. The Balaban J connectivity index is -0.000000158. The Morgan fingerprint density at radius 1 is 0.447 bits per heavy atom. The topological polar surface area (TPSA) is 58.9 Å². The van der Waals surface area contributed by atoms with Gasteiger partial charge in [0.1, 0.15) is 0 Å². The molecule has 0 aromatic heterocycles. The molecule has 1 unspecified atom stereocenters. The summed E-state index contributed by atoms with van der Waals surface area (Å²) < 4.78 is 10.2. The summed E-state index contributed by atoms with van der Waals surface area (Å²) >= 11 is 0. The van der Waals surface area contributed by atoms with Gasteiger partial charge in [-0.05, 0) is 158 Å². The first-order valence-corrected chi connectivity index (χ1v) is 37.1. The van der Waals surface area contributed by atoms with Gasteiger partial charge in [0.25, 0.3) is 0 Å². The maximum atomic E-state index is 9.19. The van der Waals surface area contributed by atoms with Gasteiger partial charge in [0.2, 0.25) is 0 Å². The highest BCUT2D eigenvalue weighted by Gasteiger charge is 2.32. The van der Waals surface area contributed by atoms with Gasteiger partial charge in [-0.15, -0.1) is 0 Å². The van der Waals surface area contributed by atoms with Crippen molar-refractivity contribution in [3.63, 3.8) is 0 Å². The molecule has 524 valence electrons. The third-order valence-corrected chi connectivity index (χ3v) is 18.9. The highest BCUT2D eigenvalue weighted by molar-refractivity contribution is 4.83. The van der Waals surface area contributed by atoms with E-state index in [9.17, 15) is 5.11 Å². The van der Waals surface area contributed by atoms with Crippen molar-refractivity contribution in [3.05, 3.63) is 0 Å². The predicted molar refractivity (Wildman–Crippen MR) is 393 cm³/mol. The number of ether oxygens (including phenoxy) is 2. The van der Waals surface area contributed by atoms with Gasteiger partial charge < -0.3 is 19.7 Å². The first-order chi connectivity index (χ1) is 38.6. The Morgan fingerprint density at radius 3 is 0.918 bits per heavy atom. The molecule has 0 amide bonds. The molecule has 0 spiro atoms. The molecule has 5 rings (SSSR count). The van der Waals surface area contributed by atoms with Crippen LogP contribution in [0.2, 0.25) is 0 Å². The highest BCUT2D eigenvalue weighted by Crippen LogP contribution is 2.45. The maximum Gasteiger partial charge on any atom is 0.0594 e. The van der Waals surface area contributed by atoms with Crippen LogP contribution in [0.4, 0.5) is 0 Å². The SMILES string of the molecule is C.CC(C)C(C)(C)C.CC(C)C(C)C.CC(C)C1CCCC1.CC(C)C1CCCCC1.CC(C)C1CCOCC1.CC(C)C1COC1.CC(C)CC(C)(C)O.CC(C)CC1(C)CCC1.CCC(CO)C(C)C.CCCC(C)C.CCCCC(C)C. The average molecular weight is 1210 g/mol. The zero-order valence-corrected chi connectivity index (χ0v) is 65.1. The molecule has 2 aliphatic heterocycles. The Labute approximate surface area is 544 Å². The number of rotatable bonds is 17. The molecule has 2 saturated heterocycles. The molecule has 2 heterocycles. The van der Waals surface area contributed by atoms with E-state index < -0.39 is 5.60 Å². The van der Waals surface area contributed by atoms with E-state index in [1.165, 1.54) is 128 Å². The zero-order chi connectivity index (χ0) is 66.8. The van der Waals surface area contributed by atoms with E-state index in [0.717, 1.165) is 128 Å². The van der Waals surface area contributed by atoms with Crippen LogP contribution in [-0.2, 0) is 9.47 Å². The van der Waals surface area contributed by atoms with Gasteiger partial charge in [-0.3, -0.25) is 0 Å². The fraction of sp³-hybridized carbons (Fsp3) is 1.00. The van der Waals surface area contributed by atoms with E-state index in [4.69, 9.17) is 14.6 Å². The summed E-state index contributed by atoms with van der Waals surface area (Å²) in [4.78, 5) is 0. The quantitative estimate of drug-likeness (QED) is 0.152. The van der Waals surface area contributed by atoms with Gasteiger partial charge in [-0.2, -0.15) is 0 Å². The normalized spacial score (nSPS) is 17.4. The number of hydrogen-bond acceptors (Lipinski definition) is 4. The molecule has 5 aliphatic rings. The first-order valence-electron chi connectivity index (χ1n) is 37.1. The van der Waals surface area contributed by atoms with Crippen molar-refractivity contribution >= 4 is 0 Å². The summed E-state index contributed by atoms with van der Waals surface area (Å²) in [7, 11) is 0. The average Bonchev–Trinajstić information content (AvgIpc) is 3.90. The maximum absolute atomic E-state index is 9.19. The van der Waals surface area contributed by atoms with Crippen molar-refractivity contribution in [3.8, 4) is 0 Å². The Kier molecular flexibility index (Phi) is 69.6. The summed E-state index contributed by atoms with van der Waals surface area (Å²) in [5.41, 5.74) is 0.766. The summed E-state index contributed by atoms with van der Waals surface area (Å²) in [6, 6.07) is 0. The van der Waals surface area contributed by atoms with Gasteiger partial charge in [0.05, 0.1) is 18.8 Å². The van der Waals surface area contributed by atoms with Crippen LogP contribution in [0.15, 0.2) is 0 Å². The number of aliphatic hydroxyl groups excluding tert-OH is 1. The van der Waals surface area contributed by atoms with Crippen LogP contribution in [0.1, 0.15) is 377 Å². The zero-order valence-electron chi connectivity index (χ0n) is 65.1. The third kappa shape index (κ3) is 72.8. The van der Waals surface area contributed by atoms with Crippen LogP contribution in [0.3, 0.4) is 0 Å². The van der Waals surface area contributed by atoms with Crippen molar-refractivity contribution < 1.29 is 19.7 Å². The van der Waals surface area contributed by atoms with Crippen LogP contribution >= 0.6 is 0 Å². The number of hydrogen-bond donors (Lipinski definition) is 2. The van der Waals surface area contributed by atoms with E-state index in [0.29, 0.717) is 29.8 Å². The summed E-state index contributed by atoms with van der Waals surface area (Å²) in [6.07, 6.45) is 30.7. The van der Waals surface area contributed by atoms with E-state index in [1.54, 1.807) is 0 Å². The molecule has 4 heteroatoms. The van der Waals surface area contributed by atoms with Crippen molar-refractivity contribution in [2.75, 3.05) is 33.0 Å². The molecule has 3 saturated carbocycles. The van der Waals surface area contributed by atoms with Gasteiger partial charge in [-0.1, -0.05) is 325 Å². The molecule has 4 nitrogen and oxygen atoms in total. The van der Waals surface area contributed by atoms with E-state index in [1.807, 2.05) is 13.8 Å². The molecule has 2 N–H and O–H groups in total. The summed E-state index contributed by atoms with van der Waals surface area (Å²) in [6.45, 7) is 77.9. The molecule has 3 aliphatic carbocycles. The lowest BCUT2D eigenvalue weighted by Gasteiger charge is -2.39. The Hall–Kier alpha value is -0.160. The number of unbranched alkanes of at least 4 members (excludes halogenated alkanes) is 1. The van der Waals surface area contributed by atoms with Gasteiger partial charge >= 0.3 is 0 Å². The van der Waals surface area contributed by atoms with Crippen molar-refractivity contribution in [1.29, 1.82) is 0 Å². The second-order valence-electron chi connectivity index (χ2n) is 33.7. The Bertz CT molecular complexity index is 1210. The molecule has 5 fully saturated rings. The van der Waals surface area contributed by atoms with Gasteiger partial charge in [0, 0.05) is 25.7 Å². The highest BCUT2D eigenvalue weighted by atomic mass is 16.5. The molecular formula is C81H176O4. The Morgan fingerprint density at radius 2 is 0.812 bits per heavy atom. The monoisotopic (exact) mass is 1210 g/mol. The van der Waals surface area contributed by atoms with Gasteiger partial charge in [0.15, 0.2) is 0 Å². The van der Waals surface area contributed by atoms with Crippen LogP contribution in [-0.4, -0.2) is 48.8 Å². The summed E-state index contributed by atoms with van der Waals surface area (Å²) in [5, 5.41) is 17.9. The molecule has 85 heavy (non-hydrogen) atoms. The molecule has 0 radical (unpaired) electrons. The summed E-state index contributed by atoms with van der Waals surface area (Å²) in [5.74, 6) is 14.4. The fourth-order valence-electron chi connectivity index (χ4n) is 10.4. The minimum atomic E-state index is -0.478. The van der Waals surface area contributed by atoms with Crippen molar-refractivity contribution in [1.82, 2.24) is 0 Å². The van der Waals surface area contributed by atoms with Crippen LogP contribution in [0, 0.1) is 111 Å². The van der Waals surface area contributed by atoms with Crippen molar-refractivity contribution in [2.45, 2.75) is 383 Å². The lowest BCUT2D eigenvalue weighted by atomic mass is 9.66. The standard InChI is InChI=1S/2C9H18.C8H16O.C8H16.2C7H16O.2C7H16.C6H12O.2C6H14.CH4/c1-8(2)7-9(3)5-4-6-9;1-8(2)9-6-4-3-5-7-9;1-7(2)8-3-5-9-6-4-8;1-7(2)8-5-3-4-6-8;1-6(2)5-7(3,4)8;1-4-7(5-8)6(2)3;1-6(2)7(3,4)5;1-4-5-6-7(2)3;1-5(2)6-3-7-4-6;1-5(2)6(3)4;1-4-5-6(2)3;/h8H,4-7H2,1-3H3;8-9H,3-7H2,1-2H3;7-8H,3-6H2,1-2H3;7-8H,3-6H2,1-2H3;6,8H,5H2,1-4H3;6-8H,4-5H2,1-3H3;6H,1-5H3;7H,4-6H2,1-3H3;5-6H,3-4H2,1-2H3;5-6H,1-4H3;6H,4-5H2,1-3H3;1H4. The smallest absolute Gasteiger partial charge is 0.0594 e. The van der Waals surface area contributed by atoms with Gasteiger partial charge in [-0.25, -0.2) is 0 Å². The van der Waals surface area contributed by atoms with E-state index in [-0.39, 0.29) is 7.43 Å². The second-order valence-corrected chi connectivity index (χ2v) is 33.7. The molecule has 0 bridgehead atoms. The molecule has 0 aromatic rings. The van der Waals surface area contributed by atoms with E-state index >= 15 is 0 Å². The first kappa shape index (κ1) is 98.4. The van der Waals surface area contributed by atoms with Crippen LogP contribution < -0.4 is 0 Å². The number of aliphatic hydroxyl groups is 2. The lowest BCUT2D eigenvalue weighted by Crippen LogP contribution is -2.31. The minimum absolute atomic E-state index is 0. The molecule has 0 aromatic carbocycles.